The molecule has 3 rings (SSSR count). The molecule has 1 amide bonds. The minimum atomic E-state index is -3.82. The van der Waals surface area contributed by atoms with Crippen LogP contribution in [0.25, 0.3) is 0 Å². The zero-order valence-corrected chi connectivity index (χ0v) is 18.6. The molecule has 1 aliphatic carbocycles. The molecule has 0 heterocycles. The van der Waals surface area contributed by atoms with Gasteiger partial charge in [-0.25, -0.2) is 8.42 Å². The first kappa shape index (κ1) is 22.7. The van der Waals surface area contributed by atoms with Gasteiger partial charge in [0.05, 0.1) is 19.1 Å². The van der Waals surface area contributed by atoms with Gasteiger partial charge in [-0.15, -0.1) is 0 Å². The molecule has 0 atom stereocenters. The molecule has 0 spiro atoms. The molecular weight excluding hydrogens is 416 g/mol. The van der Waals surface area contributed by atoms with E-state index in [1.54, 1.807) is 24.3 Å². The van der Waals surface area contributed by atoms with Gasteiger partial charge in [0, 0.05) is 23.9 Å². The van der Waals surface area contributed by atoms with Crippen molar-refractivity contribution >= 4 is 21.6 Å². The number of hydrogen-bond donors (Lipinski definition) is 2. The number of rotatable bonds is 9. The number of amides is 1. The Labute approximate surface area is 183 Å². The third-order valence-corrected chi connectivity index (χ3v) is 6.56. The van der Waals surface area contributed by atoms with Gasteiger partial charge in [0.25, 0.3) is 15.9 Å². The number of anilines is 1. The van der Waals surface area contributed by atoms with Crippen LogP contribution >= 0.6 is 0 Å². The number of benzene rings is 2. The van der Waals surface area contributed by atoms with Gasteiger partial charge in [0.1, 0.15) is 0 Å². The van der Waals surface area contributed by atoms with E-state index in [2.05, 4.69) is 16.1 Å². The van der Waals surface area contributed by atoms with E-state index in [1.165, 1.54) is 50.8 Å². The summed E-state index contributed by atoms with van der Waals surface area (Å²) in [5.41, 5.74) is 2.25. The number of allylic oxidation sites excluding steroid dienone is 1. The van der Waals surface area contributed by atoms with E-state index in [9.17, 15) is 13.2 Å². The van der Waals surface area contributed by atoms with E-state index < -0.39 is 10.0 Å². The maximum absolute atomic E-state index is 12.7. The Morgan fingerprint density at radius 1 is 1.00 bits per heavy atom. The predicted molar refractivity (Wildman–Crippen MR) is 120 cm³/mol. The van der Waals surface area contributed by atoms with Crippen LogP contribution in [0.2, 0.25) is 0 Å². The highest BCUT2D eigenvalue weighted by atomic mass is 32.2. The number of carbonyl (C=O) groups excluding carboxylic acids is 1. The van der Waals surface area contributed by atoms with Crippen LogP contribution in [0.15, 0.2) is 59.0 Å². The minimum absolute atomic E-state index is 0.0454. The van der Waals surface area contributed by atoms with Crippen molar-refractivity contribution in [3.8, 4) is 11.5 Å². The summed E-state index contributed by atoms with van der Waals surface area (Å²) in [7, 11) is -0.900. The van der Waals surface area contributed by atoms with E-state index in [4.69, 9.17) is 9.47 Å². The van der Waals surface area contributed by atoms with E-state index >= 15 is 0 Å². The van der Waals surface area contributed by atoms with Crippen LogP contribution in [0.4, 0.5) is 5.69 Å². The zero-order chi connectivity index (χ0) is 22.3. The van der Waals surface area contributed by atoms with Crippen molar-refractivity contribution in [2.75, 3.05) is 25.5 Å². The van der Waals surface area contributed by atoms with Crippen LogP contribution in [-0.2, 0) is 10.0 Å². The number of methoxy groups -OCH3 is 2. The van der Waals surface area contributed by atoms with Crippen LogP contribution in [0, 0.1) is 0 Å². The molecule has 0 unspecified atom stereocenters. The number of carbonyl (C=O) groups is 1. The molecule has 8 heteroatoms. The van der Waals surface area contributed by atoms with Crippen LogP contribution in [0.3, 0.4) is 0 Å². The molecule has 0 aromatic heterocycles. The topological polar surface area (TPSA) is 93.7 Å². The molecule has 0 fully saturated rings. The third kappa shape index (κ3) is 6.01. The van der Waals surface area contributed by atoms with Crippen LogP contribution in [0.5, 0.6) is 11.5 Å². The molecule has 0 saturated heterocycles. The molecule has 2 aromatic rings. The Balaban J connectivity index is 1.60. The second-order valence-electron chi connectivity index (χ2n) is 7.31. The normalized spacial score (nSPS) is 13.8. The number of nitrogens with one attached hydrogen (secondary N) is 2. The Hall–Kier alpha value is -3.00. The first-order valence-electron chi connectivity index (χ1n) is 10.2. The summed E-state index contributed by atoms with van der Waals surface area (Å²) in [6, 6.07) is 10.7. The zero-order valence-electron chi connectivity index (χ0n) is 17.8. The fraction of sp³-hybridized carbons (Fsp3) is 0.348. The van der Waals surface area contributed by atoms with Crippen molar-refractivity contribution in [3.05, 3.63) is 59.7 Å². The van der Waals surface area contributed by atoms with E-state index in [0.717, 1.165) is 19.3 Å². The maximum Gasteiger partial charge on any atom is 0.262 e. The van der Waals surface area contributed by atoms with Crippen LogP contribution in [-0.4, -0.2) is 35.1 Å². The van der Waals surface area contributed by atoms with Crippen molar-refractivity contribution in [1.29, 1.82) is 0 Å². The average molecular weight is 445 g/mol. The van der Waals surface area contributed by atoms with Gasteiger partial charge >= 0.3 is 0 Å². The lowest BCUT2D eigenvalue weighted by molar-refractivity contribution is 0.0954. The molecule has 166 valence electrons. The van der Waals surface area contributed by atoms with Crippen LogP contribution < -0.4 is 19.5 Å². The largest absolute Gasteiger partial charge is 0.493 e. The maximum atomic E-state index is 12.7. The molecule has 0 aliphatic heterocycles. The molecule has 2 aromatic carbocycles. The lowest BCUT2D eigenvalue weighted by Gasteiger charge is -2.13. The molecule has 1 aliphatic rings. The van der Waals surface area contributed by atoms with Gasteiger partial charge in [0.15, 0.2) is 11.5 Å². The van der Waals surface area contributed by atoms with Gasteiger partial charge < -0.3 is 14.8 Å². The van der Waals surface area contributed by atoms with Gasteiger partial charge in [-0.2, -0.15) is 0 Å². The van der Waals surface area contributed by atoms with Crippen molar-refractivity contribution in [1.82, 2.24) is 5.32 Å². The molecule has 2 N–H and O–H groups in total. The SMILES string of the molecule is COc1ccc(S(=O)(=O)Nc2ccc(C(=O)NCCC3=CCCCC3)cc2)cc1OC. The van der Waals surface area contributed by atoms with Crippen molar-refractivity contribution < 1.29 is 22.7 Å². The first-order valence-corrected chi connectivity index (χ1v) is 11.7. The highest BCUT2D eigenvalue weighted by Gasteiger charge is 2.17. The Bertz CT molecular complexity index is 1050. The molecule has 0 bridgehead atoms. The second-order valence-corrected chi connectivity index (χ2v) is 9.00. The first-order chi connectivity index (χ1) is 14.9. The molecule has 31 heavy (non-hydrogen) atoms. The molecular formula is C23H28N2O5S. The highest BCUT2D eigenvalue weighted by molar-refractivity contribution is 7.92. The summed E-state index contributed by atoms with van der Waals surface area (Å²) in [4.78, 5) is 12.4. The smallest absolute Gasteiger partial charge is 0.262 e. The van der Waals surface area contributed by atoms with Crippen molar-refractivity contribution in [2.45, 2.75) is 37.0 Å². The summed E-state index contributed by atoms with van der Waals surface area (Å²) in [6.45, 7) is 0.596. The number of hydrogen-bond acceptors (Lipinski definition) is 5. The summed E-state index contributed by atoms with van der Waals surface area (Å²) in [5, 5.41) is 2.92. The van der Waals surface area contributed by atoms with Gasteiger partial charge in [-0.3, -0.25) is 9.52 Å². The standard InChI is InChI=1S/C23H28N2O5S/c1-29-21-13-12-20(16-22(21)30-2)31(27,28)25-19-10-8-18(9-11-19)23(26)24-15-14-17-6-4-3-5-7-17/h6,8-13,16,25H,3-5,7,14-15H2,1-2H3,(H,24,26). The monoisotopic (exact) mass is 444 g/mol. The van der Waals surface area contributed by atoms with Gasteiger partial charge in [-0.1, -0.05) is 11.6 Å². The summed E-state index contributed by atoms with van der Waals surface area (Å²) >= 11 is 0. The molecule has 0 radical (unpaired) electrons. The summed E-state index contributed by atoms with van der Waals surface area (Å²) < 4.78 is 38.2. The summed E-state index contributed by atoms with van der Waals surface area (Å²) in [6.07, 6.45) is 7.86. The highest BCUT2D eigenvalue weighted by Crippen LogP contribution is 2.30. The Kier molecular flexibility index (Phi) is 7.57. The second kappa shape index (κ2) is 10.3. The minimum Gasteiger partial charge on any atom is -0.493 e. The lowest BCUT2D eigenvalue weighted by Crippen LogP contribution is -2.24. The van der Waals surface area contributed by atoms with E-state index in [1.807, 2.05) is 0 Å². The van der Waals surface area contributed by atoms with E-state index in [-0.39, 0.29) is 10.8 Å². The Morgan fingerprint density at radius 3 is 2.39 bits per heavy atom. The Morgan fingerprint density at radius 2 is 1.74 bits per heavy atom. The number of ether oxygens (including phenoxy) is 2. The molecule has 7 nitrogen and oxygen atoms in total. The average Bonchev–Trinajstić information content (AvgIpc) is 2.79. The quantitative estimate of drug-likeness (QED) is 0.568. The van der Waals surface area contributed by atoms with Crippen molar-refractivity contribution in [2.24, 2.45) is 0 Å². The van der Waals surface area contributed by atoms with Gasteiger partial charge in [0.2, 0.25) is 0 Å². The molecule has 0 saturated carbocycles. The predicted octanol–water partition coefficient (Wildman–Crippen LogP) is 4.12. The van der Waals surface area contributed by atoms with Gasteiger partial charge in [-0.05, 0) is 68.5 Å². The lowest BCUT2D eigenvalue weighted by atomic mass is 9.97. The fourth-order valence-corrected chi connectivity index (χ4v) is 4.53. The summed E-state index contributed by atoms with van der Waals surface area (Å²) in [5.74, 6) is 0.587. The van der Waals surface area contributed by atoms with E-state index in [0.29, 0.717) is 29.3 Å². The fourth-order valence-electron chi connectivity index (χ4n) is 3.46. The van der Waals surface area contributed by atoms with Crippen LogP contribution in [0.1, 0.15) is 42.5 Å². The van der Waals surface area contributed by atoms with Crippen molar-refractivity contribution in [3.63, 3.8) is 0 Å². The third-order valence-electron chi connectivity index (χ3n) is 5.18. The number of sulfonamides is 1.